The second-order valence-electron chi connectivity index (χ2n) is 6.41. The molecule has 0 aliphatic heterocycles. The summed E-state index contributed by atoms with van der Waals surface area (Å²) < 4.78 is 17.4. The minimum atomic E-state index is -0.205. The number of hydrogen-bond donors (Lipinski definition) is 1. The van der Waals surface area contributed by atoms with Crippen LogP contribution >= 0.6 is 0 Å². The predicted octanol–water partition coefficient (Wildman–Crippen LogP) is 2.33. The van der Waals surface area contributed by atoms with Gasteiger partial charge in [0.05, 0.1) is 14.2 Å². The van der Waals surface area contributed by atoms with Crippen LogP contribution in [0, 0.1) is 13.8 Å². The van der Waals surface area contributed by atoms with Crippen molar-refractivity contribution in [2.75, 3.05) is 14.2 Å². The molecule has 0 bridgehead atoms. The first-order valence-electron chi connectivity index (χ1n) is 8.87. The van der Waals surface area contributed by atoms with E-state index in [1.165, 1.54) is 10.9 Å². The maximum Gasteiger partial charge on any atom is 0.264 e. The summed E-state index contributed by atoms with van der Waals surface area (Å²) in [5, 5.41) is 3.30. The van der Waals surface area contributed by atoms with E-state index >= 15 is 0 Å². The van der Waals surface area contributed by atoms with Gasteiger partial charge in [-0.2, -0.15) is 0 Å². The Morgan fingerprint density at radius 1 is 1.25 bits per heavy atom. The number of nitrogens with one attached hydrogen (secondary N) is 1. The number of aromatic nitrogens is 2. The van der Waals surface area contributed by atoms with E-state index in [0.717, 1.165) is 11.1 Å². The van der Waals surface area contributed by atoms with Crippen LogP contribution in [0.4, 0.5) is 0 Å². The lowest BCUT2D eigenvalue weighted by Crippen LogP contribution is -2.27. The molecule has 0 fully saturated rings. The molecular formula is C20H23N3O5. The predicted molar refractivity (Wildman–Crippen MR) is 104 cm³/mol. The monoisotopic (exact) mass is 385 g/mol. The molecule has 0 saturated heterocycles. The minimum Gasteiger partial charge on any atom is -0.497 e. The molecule has 0 radical (unpaired) electrons. The van der Waals surface area contributed by atoms with Gasteiger partial charge in [0.15, 0.2) is 0 Å². The average molecular weight is 385 g/mol. The second-order valence-corrected chi connectivity index (χ2v) is 6.41. The van der Waals surface area contributed by atoms with E-state index in [-0.39, 0.29) is 24.4 Å². The number of ether oxygens (including phenoxy) is 2. The van der Waals surface area contributed by atoms with Crippen LogP contribution in [0.15, 0.2) is 33.7 Å². The summed E-state index contributed by atoms with van der Waals surface area (Å²) in [6.45, 7) is 4.17. The van der Waals surface area contributed by atoms with Gasteiger partial charge in [0, 0.05) is 36.7 Å². The van der Waals surface area contributed by atoms with E-state index in [1.54, 1.807) is 33.3 Å². The summed E-state index contributed by atoms with van der Waals surface area (Å²) >= 11 is 0. The smallest absolute Gasteiger partial charge is 0.264 e. The number of methoxy groups -OCH3 is 2. The van der Waals surface area contributed by atoms with Crippen LogP contribution < -0.4 is 20.3 Å². The van der Waals surface area contributed by atoms with Gasteiger partial charge in [-0.15, -0.1) is 0 Å². The number of fused-ring (bicyclic) bond motifs is 1. The van der Waals surface area contributed by atoms with Crippen molar-refractivity contribution in [1.29, 1.82) is 0 Å². The van der Waals surface area contributed by atoms with Crippen LogP contribution in [0.2, 0.25) is 0 Å². The summed E-state index contributed by atoms with van der Waals surface area (Å²) in [5.41, 5.74) is 1.73. The molecule has 0 spiro atoms. The lowest BCUT2D eigenvalue weighted by molar-refractivity contribution is -0.121. The number of benzene rings is 1. The molecule has 0 aliphatic carbocycles. The third kappa shape index (κ3) is 3.85. The number of carbonyl (C=O) groups excluding carboxylic acids is 1. The van der Waals surface area contributed by atoms with Crippen LogP contribution in [0.5, 0.6) is 11.5 Å². The van der Waals surface area contributed by atoms with Gasteiger partial charge in [0.2, 0.25) is 11.6 Å². The van der Waals surface area contributed by atoms with Crippen molar-refractivity contribution >= 4 is 17.0 Å². The standard InChI is InChI=1S/C20H23N3O5/c1-12-13(2)28-19-18(12)20(25)23(11-22-19)8-7-17(24)21-10-14-5-6-15(26-3)9-16(14)27-4/h5-6,9,11H,7-8,10H2,1-4H3,(H,21,24). The van der Waals surface area contributed by atoms with E-state index in [0.29, 0.717) is 34.9 Å². The molecule has 1 amide bonds. The van der Waals surface area contributed by atoms with Gasteiger partial charge in [0.25, 0.3) is 5.56 Å². The van der Waals surface area contributed by atoms with Gasteiger partial charge in [-0.05, 0) is 26.0 Å². The van der Waals surface area contributed by atoms with Crippen molar-refractivity contribution in [1.82, 2.24) is 14.9 Å². The highest BCUT2D eigenvalue weighted by Crippen LogP contribution is 2.24. The number of amides is 1. The molecule has 28 heavy (non-hydrogen) atoms. The van der Waals surface area contributed by atoms with Gasteiger partial charge in [-0.1, -0.05) is 0 Å². The Morgan fingerprint density at radius 2 is 2.04 bits per heavy atom. The molecule has 2 heterocycles. The lowest BCUT2D eigenvalue weighted by Gasteiger charge is -2.11. The third-order valence-corrected chi connectivity index (χ3v) is 4.71. The zero-order valence-electron chi connectivity index (χ0n) is 16.4. The number of aryl methyl sites for hydroxylation is 3. The fourth-order valence-corrected chi connectivity index (χ4v) is 2.93. The molecular weight excluding hydrogens is 362 g/mol. The van der Waals surface area contributed by atoms with E-state index in [9.17, 15) is 9.59 Å². The van der Waals surface area contributed by atoms with E-state index < -0.39 is 0 Å². The Bertz CT molecular complexity index is 1070. The first-order chi connectivity index (χ1) is 13.4. The summed E-state index contributed by atoms with van der Waals surface area (Å²) in [5.74, 6) is 1.81. The maximum atomic E-state index is 12.6. The van der Waals surface area contributed by atoms with E-state index in [4.69, 9.17) is 13.9 Å². The van der Waals surface area contributed by atoms with Gasteiger partial charge in [-0.25, -0.2) is 4.98 Å². The van der Waals surface area contributed by atoms with Crippen molar-refractivity contribution in [3.63, 3.8) is 0 Å². The molecule has 0 aliphatic rings. The fraction of sp³-hybridized carbons (Fsp3) is 0.350. The highest BCUT2D eigenvalue weighted by molar-refractivity contribution is 5.78. The Morgan fingerprint density at radius 3 is 2.75 bits per heavy atom. The van der Waals surface area contributed by atoms with Gasteiger partial charge < -0.3 is 19.2 Å². The third-order valence-electron chi connectivity index (χ3n) is 4.71. The van der Waals surface area contributed by atoms with Crippen molar-refractivity contribution in [3.8, 4) is 11.5 Å². The van der Waals surface area contributed by atoms with Crippen molar-refractivity contribution in [2.24, 2.45) is 0 Å². The van der Waals surface area contributed by atoms with E-state index in [2.05, 4.69) is 10.3 Å². The SMILES string of the molecule is COc1ccc(CNC(=O)CCn2cnc3oc(C)c(C)c3c2=O)c(OC)c1. The number of rotatable bonds is 7. The quantitative estimate of drug-likeness (QED) is 0.671. The maximum absolute atomic E-state index is 12.6. The molecule has 1 aromatic carbocycles. The molecule has 8 nitrogen and oxygen atoms in total. The molecule has 0 atom stereocenters. The van der Waals surface area contributed by atoms with Crippen LogP contribution in [-0.2, 0) is 17.9 Å². The second kappa shape index (κ2) is 8.16. The number of nitrogens with zero attached hydrogens (tertiary/aromatic N) is 2. The van der Waals surface area contributed by atoms with Crippen LogP contribution in [0.3, 0.4) is 0 Å². The lowest BCUT2D eigenvalue weighted by atomic mass is 10.2. The summed E-state index contributed by atoms with van der Waals surface area (Å²) in [6.07, 6.45) is 1.56. The highest BCUT2D eigenvalue weighted by Gasteiger charge is 2.14. The average Bonchev–Trinajstić information content (AvgIpc) is 3.00. The first kappa shape index (κ1) is 19.5. The van der Waals surface area contributed by atoms with Crippen molar-refractivity contribution < 1.29 is 18.7 Å². The Hall–Kier alpha value is -3.29. The normalized spacial score (nSPS) is 10.9. The molecule has 3 aromatic rings. The van der Waals surface area contributed by atoms with Crippen molar-refractivity contribution in [3.05, 3.63) is 51.8 Å². The van der Waals surface area contributed by atoms with Crippen LogP contribution in [0.1, 0.15) is 23.3 Å². The summed E-state index contributed by atoms with van der Waals surface area (Å²) in [6, 6.07) is 5.40. The Balaban J connectivity index is 1.64. The zero-order chi connectivity index (χ0) is 20.3. The van der Waals surface area contributed by atoms with Gasteiger partial charge in [0.1, 0.15) is 29.0 Å². The minimum absolute atomic E-state index is 0.154. The first-order valence-corrected chi connectivity index (χ1v) is 8.87. The highest BCUT2D eigenvalue weighted by atomic mass is 16.5. The summed E-state index contributed by atoms with van der Waals surface area (Å²) in [7, 11) is 3.14. The Kier molecular flexibility index (Phi) is 5.67. The van der Waals surface area contributed by atoms with Crippen LogP contribution in [-0.4, -0.2) is 29.7 Å². The van der Waals surface area contributed by atoms with Gasteiger partial charge in [-0.3, -0.25) is 14.2 Å². The zero-order valence-corrected chi connectivity index (χ0v) is 16.4. The number of hydrogen-bond acceptors (Lipinski definition) is 6. The van der Waals surface area contributed by atoms with Crippen LogP contribution in [0.25, 0.3) is 11.1 Å². The molecule has 8 heteroatoms. The molecule has 2 aromatic heterocycles. The topological polar surface area (TPSA) is 95.6 Å². The molecule has 3 rings (SSSR count). The Labute approximate surface area is 162 Å². The van der Waals surface area contributed by atoms with E-state index in [1.807, 2.05) is 13.0 Å². The van der Waals surface area contributed by atoms with Crippen molar-refractivity contribution in [2.45, 2.75) is 33.4 Å². The number of furan rings is 1. The summed E-state index contributed by atoms with van der Waals surface area (Å²) in [4.78, 5) is 29.0. The molecule has 0 unspecified atom stereocenters. The molecule has 148 valence electrons. The largest absolute Gasteiger partial charge is 0.497 e. The van der Waals surface area contributed by atoms with Gasteiger partial charge >= 0.3 is 0 Å². The fourth-order valence-electron chi connectivity index (χ4n) is 2.93. The molecule has 0 saturated carbocycles. The molecule has 1 N–H and O–H groups in total. The number of carbonyl (C=O) groups is 1.